The lowest BCUT2D eigenvalue weighted by molar-refractivity contribution is 0.0930. The summed E-state index contributed by atoms with van der Waals surface area (Å²) < 4.78 is 0. The van der Waals surface area contributed by atoms with Gasteiger partial charge in [0.2, 0.25) is 0 Å². The normalized spacial score (nSPS) is 9.38. The zero-order valence-electron chi connectivity index (χ0n) is 7.47. The molecule has 1 aromatic heterocycles. The Balaban J connectivity index is 3.02. The highest BCUT2D eigenvalue weighted by atomic mass is 16.2. The predicted octanol–water partition coefficient (Wildman–Crippen LogP) is -0.266. The highest BCUT2D eigenvalue weighted by Gasteiger charge is 2.15. The van der Waals surface area contributed by atoms with Crippen LogP contribution in [0.2, 0.25) is 0 Å². The summed E-state index contributed by atoms with van der Waals surface area (Å²) in [5, 5.41) is 4.90. The highest BCUT2D eigenvalue weighted by Crippen LogP contribution is 2.06. The lowest BCUT2D eigenvalue weighted by atomic mass is 10.2. The second kappa shape index (κ2) is 3.75. The first kappa shape index (κ1) is 9.31. The zero-order valence-corrected chi connectivity index (χ0v) is 7.47. The number of aromatic nitrogens is 1. The molecule has 5 nitrogen and oxygen atoms in total. The monoisotopic (exact) mass is 181 g/mol. The molecular weight excluding hydrogens is 170 g/mol. The first-order chi connectivity index (χ1) is 6.20. The number of carbonyl (C=O) groups excluding carboxylic acids is 2. The third-order valence-electron chi connectivity index (χ3n) is 1.69. The minimum atomic E-state index is -0.278. The molecule has 13 heavy (non-hydrogen) atoms. The predicted molar refractivity (Wildman–Crippen MR) is 47.6 cm³/mol. The van der Waals surface area contributed by atoms with E-state index in [0.717, 1.165) is 0 Å². The van der Waals surface area contributed by atoms with Crippen molar-refractivity contribution >= 4 is 11.8 Å². The van der Waals surface area contributed by atoms with Gasteiger partial charge < -0.3 is 15.6 Å². The summed E-state index contributed by atoms with van der Waals surface area (Å²) in [5.74, 6) is -0.556. The van der Waals surface area contributed by atoms with Crippen LogP contribution in [0.15, 0.2) is 12.4 Å². The Hall–Kier alpha value is -1.78. The van der Waals surface area contributed by atoms with Gasteiger partial charge in [-0.1, -0.05) is 0 Å². The van der Waals surface area contributed by atoms with Crippen molar-refractivity contribution in [2.24, 2.45) is 0 Å². The van der Waals surface area contributed by atoms with Gasteiger partial charge in [0.05, 0.1) is 11.1 Å². The van der Waals surface area contributed by atoms with E-state index in [4.69, 9.17) is 0 Å². The molecule has 3 N–H and O–H groups in total. The molecule has 0 spiro atoms. The third kappa shape index (κ3) is 1.69. The van der Waals surface area contributed by atoms with E-state index in [1.807, 2.05) is 0 Å². The summed E-state index contributed by atoms with van der Waals surface area (Å²) in [6, 6.07) is 0. The second-order valence-corrected chi connectivity index (χ2v) is 2.44. The Morgan fingerprint density at radius 1 is 1.08 bits per heavy atom. The average molecular weight is 181 g/mol. The summed E-state index contributed by atoms with van der Waals surface area (Å²) in [6.45, 7) is 0. The third-order valence-corrected chi connectivity index (χ3v) is 1.69. The Morgan fingerprint density at radius 2 is 1.46 bits per heavy atom. The van der Waals surface area contributed by atoms with Gasteiger partial charge >= 0.3 is 0 Å². The van der Waals surface area contributed by atoms with Crippen molar-refractivity contribution in [1.82, 2.24) is 15.6 Å². The van der Waals surface area contributed by atoms with Gasteiger partial charge in [-0.2, -0.15) is 0 Å². The van der Waals surface area contributed by atoms with Crippen molar-refractivity contribution in [3.63, 3.8) is 0 Å². The van der Waals surface area contributed by atoms with E-state index in [0.29, 0.717) is 11.1 Å². The standard InChI is InChI=1S/C8H11N3O2/c1-9-7(12)5-3-11-4-6(5)8(13)10-2/h3-4,11H,1-2H3,(H,9,12)(H,10,13). The molecule has 0 radical (unpaired) electrons. The topological polar surface area (TPSA) is 74.0 Å². The molecular formula is C8H11N3O2. The number of aromatic amines is 1. The minimum Gasteiger partial charge on any atom is -0.366 e. The molecule has 5 heteroatoms. The van der Waals surface area contributed by atoms with Crippen LogP contribution in [-0.2, 0) is 0 Å². The summed E-state index contributed by atoms with van der Waals surface area (Å²) in [4.78, 5) is 25.1. The number of amides is 2. The molecule has 0 fully saturated rings. The first-order valence-corrected chi connectivity index (χ1v) is 3.81. The number of nitrogens with one attached hydrogen (secondary N) is 3. The molecule has 0 saturated carbocycles. The maximum Gasteiger partial charge on any atom is 0.253 e. The Kier molecular flexibility index (Phi) is 2.69. The first-order valence-electron chi connectivity index (χ1n) is 3.81. The van der Waals surface area contributed by atoms with Gasteiger partial charge in [-0.25, -0.2) is 0 Å². The highest BCUT2D eigenvalue weighted by molar-refractivity contribution is 6.06. The van der Waals surface area contributed by atoms with Gasteiger partial charge in [-0.05, 0) is 0 Å². The molecule has 70 valence electrons. The second-order valence-electron chi connectivity index (χ2n) is 2.44. The van der Waals surface area contributed by atoms with E-state index in [1.54, 1.807) is 0 Å². The van der Waals surface area contributed by atoms with Crippen LogP contribution in [0, 0.1) is 0 Å². The van der Waals surface area contributed by atoms with Crippen LogP contribution >= 0.6 is 0 Å². The molecule has 1 aromatic rings. The van der Waals surface area contributed by atoms with Gasteiger partial charge in [0.25, 0.3) is 11.8 Å². The van der Waals surface area contributed by atoms with Gasteiger partial charge in [0, 0.05) is 26.5 Å². The molecule has 0 atom stereocenters. The summed E-state index contributed by atoms with van der Waals surface area (Å²) >= 11 is 0. The van der Waals surface area contributed by atoms with Crippen molar-refractivity contribution in [2.45, 2.75) is 0 Å². The summed E-state index contributed by atoms with van der Waals surface area (Å²) in [5.41, 5.74) is 0.698. The molecule has 1 rings (SSSR count). The molecule has 1 heterocycles. The number of H-pyrrole nitrogens is 1. The zero-order chi connectivity index (χ0) is 9.84. The van der Waals surface area contributed by atoms with Crippen LogP contribution in [0.4, 0.5) is 0 Å². The van der Waals surface area contributed by atoms with Crippen LogP contribution < -0.4 is 10.6 Å². The quantitative estimate of drug-likeness (QED) is 0.587. The Morgan fingerprint density at radius 3 is 1.77 bits per heavy atom. The van der Waals surface area contributed by atoms with Crippen molar-refractivity contribution in [1.29, 1.82) is 0 Å². The largest absolute Gasteiger partial charge is 0.366 e. The molecule has 0 saturated heterocycles. The van der Waals surface area contributed by atoms with E-state index in [2.05, 4.69) is 15.6 Å². The Bertz CT molecular complexity index is 299. The molecule has 0 aliphatic carbocycles. The van der Waals surface area contributed by atoms with Crippen molar-refractivity contribution < 1.29 is 9.59 Å². The molecule has 0 aliphatic heterocycles. The van der Waals surface area contributed by atoms with Crippen molar-refractivity contribution in [2.75, 3.05) is 14.1 Å². The van der Waals surface area contributed by atoms with Gasteiger partial charge in [-0.15, -0.1) is 0 Å². The molecule has 0 aliphatic rings. The van der Waals surface area contributed by atoms with Crippen molar-refractivity contribution in [3.8, 4) is 0 Å². The van der Waals surface area contributed by atoms with Crippen LogP contribution in [0.1, 0.15) is 20.7 Å². The van der Waals surface area contributed by atoms with Crippen LogP contribution in [0.3, 0.4) is 0 Å². The average Bonchev–Trinajstić information content (AvgIpc) is 2.63. The number of hydrogen-bond acceptors (Lipinski definition) is 2. The lowest BCUT2D eigenvalue weighted by Crippen LogP contribution is -2.24. The van der Waals surface area contributed by atoms with E-state index in [9.17, 15) is 9.59 Å². The fourth-order valence-corrected chi connectivity index (χ4v) is 1.01. The van der Waals surface area contributed by atoms with E-state index in [-0.39, 0.29) is 11.8 Å². The Labute approximate surface area is 75.5 Å². The molecule has 0 unspecified atom stereocenters. The number of carbonyl (C=O) groups is 2. The minimum absolute atomic E-state index is 0.278. The van der Waals surface area contributed by atoms with Crippen LogP contribution in [-0.4, -0.2) is 30.9 Å². The van der Waals surface area contributed by atoms with Crippen LogP contribution in [0.25, 0.3) is 0 Å². The van der Waals surface area contributed by atoms with E-state index in [1.165, 1.54) is 26.5 Å². The molecule has 2 amide bonds. The lowest BCUT2D eigenvalue weighted by Gasteiger charge is -2.00. The smallest absolute Gasteiger partial charge is 0.253 e. The maximum absolute atomic E-state index is 11.2. The maximum atomic E-state index is 11.2. The van der Waals surface area contributed by atoms with Crippen LogP contribution in [0.5, 0.6) is 0 Å². The van der Waals surface area contributed by atoms with Gasteiger partial charge in [-0.3, -0.25) is 9.59 Å². The van der Waals surface area contributed by atoms with E-state index < -0.39 is 0 Å². The fraction of sp³-hybridized carbons (Fsp3) is 0.250. The van der Waals surface area contributed by atoms with Crippen molar-refractivity contribution in [3.05, 3.63) is 23.5 Å². The van der Waals surface area contributed by atoms with Gasteiger partial charge in [0.15, 0.2) is 0 Å². The van der Waals surface area contributed by atoms with E-state index >= 15 is 0 Å². The summed E-state index contributed by atoms with van der Waals surface area (Å²) in [7, 11) is 3.03. The SMILES string of the molecule is CNC(=O)c1c[nH]cc1C(=O)NC. The number of rotatable bonds is 2. The fourth-order valence-electron chi connectivity index (χ4n) is 1.01. The molecule has 0 bridgehead atoms. The number of hydrogen-bond donors (Lipinski definition) is 3. The molecule has 0 aromatic carbocycles. The van der Waals surface area contributed by atoms with Gasteiger partial charge in [0.1, 0.15) is 0 Å². The summed E-state index contributed by atoms with van der Waals surface area (Å²) in [6.07, 6.45) is 2.98.